The third-order valence-corrected chi connectivity index (χ3v) is 16.6. The minimum absolute atomic E-state index is 0.0117. The number of carbonyl (C=O) groups excluding carboxylic acids is 4. The number of rotatable bonds is 20. The number of ether oxygens (including phenoxy) is 6. The number of para-hydroxylation sites is 1. The van der Waals surface area contributed by atoms with Crippen molar-refractivity contribution in [3.05, 3.63) is 189 Å². The van der Waals surface area contributed by atoms with Crippen LogP contribution < -0.4 is 29.9 Å². The molecule has 0 bridgehead atoms. The highest BCUT2D eigenvalue weighted by Crippen LogP contribution is 2.41. The molecule has 0 atom stereocenters. The molecule has 0 spiro atoms. The molecule has 9 rings (SSSR count). The van der Waals surface area contributed by atoms with Gasteiger partial charge in [0.2, 0.25) is 15.5 Å². The Morgan fingerprint density at radius 3 is 1.93 bits per heavy atom. The van der Waals surface area contributed by atoms with Crippen molar-refractivity contribution in [3.8, 4) is 17.2 Å². The number of pyridine rings is 1. The summed E-state index contributed by atoms with van der Waals surface area (Å²) in [5.41, 5.74) is 2.57. The Morgan fingerprint density at radius 1 is 0.655 bits per heavy atom. The first-order valence-corrected chi connectivity index (χ1v) is 30.7. The number of fused-ring (bicyclic) bond motifs is 2. The van der Waals surface area contributed by atoms with E-state index in [1.54, 1.807) is 65.9 Å². The van der Waals surface area contributed by atoms with E-state index in [1.807, 2.05) is 128 Å². The molecule has 19 heteroatoms. The van der Waals surface area contributed by atoms with Crippen LogP contribution in [-0.4, -0.2) is 110 Å². The molecule has 87 heavy (non-hydrogen) atoms. The lowest BCUT2D eigenvalue weighted by molar-refractivity contribution is -0.155. The molecule has 458 valence electrons. The highest BCUT2D eigenvalue weighted by Gasteiger charge is 2.39. The van der Waals surface area contributed by atoms with E-state index in [-0.39, 0.29) is 85.8 Å². The fraction of sp³-hybridized carbons (Fsp3) is 0.368. The maximum atomic E-state index is 14.3. The number of amides is 3. The summed E-state index contributed by atoms with van der Waals surface area (Å²) in [6, 6.07) is 42.3. The number of benzene rings is 6. The number of sulfonamides is 1. The molecule has 1 fully saturated rings. The second-order valence-electron chi connectivity index (χ2n) is 24.7. The van der Waals surface area contributed by atoms with E-state index < -0.39 is 57.1 Å². The molecule has 2 aliphatic rings. The van der Waals surface area contributed by atoms with Gasteiger partial charge in [0.05, 0.1) is 34.9 Å². The molecule has 3 heterocycles. The van der Waals surface area contributed by atoms with Crippen LogP contribution in [0.4, 0.5) is 16.2 Å². The lowest BCUT2D eigenvalue weighted by Crippen LogP contribution is -2.52. The zero-order valence-corrected chi connectivity index (χ0v) is 51.7. The molecule has 3 amide bonds. The standard InChI is InChI=1S/C68H77N5O13S/c1-66(2,3)55-39-59(60(84-44-47-20-14-11-15-21-47)40-56(55)69-63(76)54-42-70(41-46-18-12-10-13-19-46)57-23-17-16-22-52(57)62(54)75)83-37-35-81-34-36-82-50-26-24-48(25-27-50)49-30-32-72(33-31-49)87(79,80)51-28-29-53-58(38-51)73(65(78)86-68(7,8)9)45-71(64(53)77)43-61(74)85-67(4,5)6/h10-29,38-40,42,49H,30-37,41,43-45H2,1-9H3,(H,69,76). The van der Waals surface area contributed by atoms with Gasteiger partial charge in [0, 0.05) is 43.0 Å². The number of hydrogen-bond donors (Lipinski definition) is 1. The van der Waals surface area contributed by atoms with Crippen molar-refractivity contribution in [2.75, 3.05) is 62.9 Å². The predicted octanol–water partition coefficient (Wildman–Crippen LogP) is 11.7. The van der Waals surface area contributed by atoms with Crippen molar-refractivity contribution in [1.82, 2.24) is 13.8 Å². The summed E-state index contributed by atoms with van der Waals surface area (Å²) in [5.74, 6) is -0.152. The van der Waals surface area contributed by atoms with Crippen LogP contribution >= 0.6 is 0 Å². The van der Waals surface area contributed by atoms with Crippen molar-refractivity contribution in [2.24, 2.45) is 0 Å². The normalized spacial score (nSPS) is 14.3. The smallest absolute Gasteiger partial charge is 0.416 e. The summed E-state index contributed by atoms with van der Waals surface area (Å²) in [7, 11) is -4.06. The number of piperidine rings is 1. The molecular weight excluding hydrogens is 1130 g/mol. The van der Waals surface area contributed by atoms with E-state index in [2.05, 4.69) is 5.32 Å². The van der Waals surface area contributed by atoms with Gasteiger partial charge in [0.25, 0.3) is 11.8 Å². The zero-order valence-electron chi connectivity index (χ0n) is 50.9. The molecule has 1 aromatic heterocycles. The van der Waals surface area contributed by atoms with Crippen LogP contribution in [0, 0.1) is 0 Å². The molecule has 18 nitrogen and oxygen atoms in total. The van der Waals surface area contributed by atoms with Gasteiger partial charge < -0.3 is 43.2 Å². The van der Waals surface area contributed by atoms with E-state index in [0.717, 1.165) is 27.8 Å². The Balaban J connectivity index is 0.791. The molecule has 6 aromatic carbocycles. The summed E-state index contributed by atoms with van der Waals surface area (Å²) < 4.78 is 67.6. The van der Waals surface area contributed by atoms with Crippen LogP contribution in [0.25, 0.3) is 10.9 Å². The second-order valence-corrected chi connectivity index (χ2v) is 26.6. The van der Waals surface area contributed by atoms with Crippen molar-refractivity contribution >= 4 is 56.2 Å². The van der Waals surface area contributed by atoms with Gasteiger partial charge in [-0.2, -0.15) is 4.31 Å². The average Bonchev–Trinajstić information content (AvgIpc) is 0.919. The van der Waals surface area contributed by atoms with Crippen LogP contribution in [-0.2, 0) is 47.6 Å². The van der Waals surface area contributed by atoms with Crippen LogP contribution in [0.3, 0.4) is 0 Å². The van der Waals surface area contributed by atoms with Crippen molar-refractivity contribution in [1.29, 1.82) is 0 Å². The van der Waals surface area contributed by atoms with E-state index in [9.17, 15) is 32.4 Å². The van der Waals surface area contributed by atoms with Crippen molar-refractivity contribution in [3.63, 3.8) is 0 Å². The predicted molar refractivity (Wildman–Crippen MR) is 334 cm³/mol. The summed E-state index contributed by atoms with van der Waals surface area (Å²) >= 11 is 0. The lowest BCUT2D eigenvalue weighted by Gasteiger charge is -2.37. The van der Waals surface area contributed by atoms with Gasteiger partial charge >= 0.3 is 12.1 Å². The van der Waals surface area contributed by atoms with Gasteiger partial charge in [-0.05, 0) is 137 Å². The van der Waals surface area contributed by atoms with Crippen molar-refractivity contribution < 1.29 is 56.0 Å². The molecule has 7 aromatic rings. The van der Waals surface area contributed by atoms with Gasteiger partial charge in [-0.15, -0.1) is 0 Å². The number of nitrogens with one attached hydrogen (secondary N) is 1. The number of hydrogen-bond acceptors (Lipinski definition) is 13. The third-order valence-electron chi connectivity index (χ3n) is 14.7. The maximum absolute atomic E-state index is 14.3. The Hall–Kier alpha value is -8.52. The minimum Gasteiger partial charge on any atom is -0.491 e. The SMILES string of the molecule is CC(C)(C)OC(=O)CN1CN(C(=O)OC(C)(C)C)c2cc(S(=O)(=O)N3CCC(c4ccc(OCCOCCOc5cc(C(C)(C)C)c(NC(=O)c6cn(Cc7ccccc7)c7ccccc7c6=O)cc5OCc5ccccc5)cc4)CC3)ccc2C1=O. The molecular formula is C68H77N5O13S. The van der Waals surface area contributed by atoms with Gasteiger partial charge in [-0.1, -0.05) is 106 Å². The molecule has 0 aliphatic carbocycles. The monoisotopic (exact) mass is 1200 g/mol. The van der Waals surface area contributed by atoms with E-state index in [0.29, 0.717) is 47.7 Å². The Labute approximate surface area is 508 Å². The van der Waals surface area contributed by atoms with Gasteiger partial charge in [0.1, 0.15) is 55.5 Å². The van der Waals surface area contributed by atoms with Crippen LogP contribution in [0.15, 0.2) is 155 Å². The van der Waals surface area contributed by atoms with Gasteiger partial charge in [-0.25, -0.2) is 13.2 Å². The van der Waals surface area contributed by atoms with E-state index >= 15 is 0 Å². The van der Waals surface area contributed by atoms with Gasteiger partial charge in [0.15, 0.2) is 11.5 Å². The minimum atomic E-state index is -4.06. The van der Waals surface area contributed by atoms with Crippen molar-refractivity contribution in [2.45, 2.75) is 116 Å². The van der Waals surface area contributed by atoms with E-state index in [1.165, 1.54) is 32.3 Å². The molecule has 1 saturated heterocycles. The summed E-state index contributed by atoms with van der Waals surface area (Å²) in [6.45, 7) is 17.7. The van der Waals surface area contributed by atoms with E-state index in [4.69, 9.17) is 28.4 Å². The highest BCUT2D eigenvalue weighted by atomic mass is 32.2. The highest BCUT2D eigenvalue weighted by molar-refractivity contribution is 7.89. The number of aromatic nitrogens is 1. The fourth-order valence-corrected chi connectivity index (χ4v) is 12.0. The maximum Gasteiger partial charge on any atom is 0.416 e. The first-order chi connectivity index (χ1) is 41.3. The molecule has 0 radical (unpaired) electrons. The average molecular weight is 1200 g/mol. The number of anilines is 2. The van der Waals surface area contributed by atoms with Crippen LogP contribution in [0.2, 0.25) is 0 Å². The van der Waals surface area contributed by atoms with Crippen LogP contribution in [0.1, 0.15) is 124 Å². The molecule has 1 N–H and O–H groups in total. The fourth-order valence-electron chi connectivity index (χ4n) is 10.5. The van der Waals surface area contributed by atoms with Crippen LogP contribution in [0.5, 0.6) is 17.2 Å². The Morgan fingerprint density at radius 2 is 1.28 bits per heavy atom. The quantitative estimate of drug-likeness (QED) is 0.0558. The largest absolute Gasteiger partial charge is 0.491 e. The molecule has 2 aliphatic heterocycles. The number of nitrogens with zero attached hydrogens (tertiary/aromatic N) is 4. The third kappa shape index (κ3) is 15.9. The Bertz CT molecular complexity index is 3790. The number of carbonyl (C=O) groups is 4. The topological polar surface area (TPSA) is 202 Å². The van der Waals surface area contributed by atoms with Gasteiger partial charge in [-0.3, -0.25) is 24.1 Å². The summed E-state index contributed by atoms with van der Waals surface area (Å²) in [6.07, 6.45) is 1.95. The zero-order chi connectivity index (χ0) is 62.3. The Kier molecular flexibility index (Phi) is 19.3. The molecule has 0 unspecified atom stereocenters. The first-order valence-electron chi connectivity index (χ1n) is 29.2. The number of esters is 1. The second kappa shape index (κ2) is 26.6. The summed E-state index contributed by atoms with van der Waals surface area (Å²) in [5, 5.41) is 3.52. The first kappa shape index (κ1) is 63.0. The lowest BCUT2D eigenvalue weighted by atomic mass is 9.85. The summed E-state index contributed by atoms with van der Waals surface area (Å²) in [4.78, 5) is 70.7. The molecule has 0 saturated carbocycles.